The highest BCUT2D eigenvalue weighted by atomic mass is 16.5. The second kappa shape index (κ2) is 7.63. The first kappa shape index (κ1) is 14.4. The van der Waals surface area contributed by atoms with Crippen molar-refractivity contribution in [1.29, 1.82) is 0 Å². The minimum Gasteiger partial charge on any atom is -0.466 e. The molecule has 1 rings (SSSR count). The SMILES string of the molecule is CCOC(=O)CCN(C)CC1CN(C)CCO1. The lowest BCUT2D eigenvalue weighted by atomic mass is 10.2. The summed E-state index contributed by atoms with van der Waals surface area (Å²) in [5, 5.41) is 0. The second-order valence-electron chi connectivity index (χ2n) is 4.57. The van der Waals surface area contributed by atoms with Crippen LogP contribution in [-0.4, -0.2) is 75.4 Å². The summed E-state index contributed by atoms with van der Waals surface area (Å²) in [6.45, 7) is 6.64. The number of hydrogen-bond acceptors (Lipinski definition) is 5. The Morgan fingerprint density at radius 2 is 2.35 bits per heavy atom. The van der Waals surface area contributed by atoms with Crippen LogP contribution in [0, 0.1) is 0 Å². The predicted molar refractivity (Wildman–Crippen MR) is 66.0 cm³/mol. The van der Waals surface area contributed by atoms with Crippen molar-refractivity contribution in [3.05, 3.63) is 0 Å². The highest BCUT2D eigenvalue weighted by molar-refractivity contribution is 5.69. The number of hydrogen-bond donors (Lipinski definition) is 0. The van der Waals surface area contributed by atoms with E-state index in [9.17, 15) is 4.79 Å². The van der Waals surface area contributed by atoms with Crippen LogP contribution < -0.4 is 0 Å². The van der Waals surface area contributed by atoms with E-state index >= 15 is 0 Å². The van der Waals surface area contributed by atoms with Gasteiger partial charge in [-0.3, -0.25) is 4.79 Å². The normalized spacial score (nSPS) is 21.8. The monoisotopic (exact) mass is 244 g/mol. The molecule has 17 heavy (non-hydrogen) atoms. The Labute approximate surface area is 104 Å². The Morgan fingerprint density at radius 1 is 1.59 bits per heavy atom. The minimum absolute atomic E-state index is 0.124. The van der Waals surface area contributed by atoms with Gasteiger partial charge in [-0.25, -0.2) is 0 Å². The standard InChI is InChI=1S/C12H24N2O3/c1-4-16-12(15)5-6-13(2)9-11-10-14(3)7-8-17-11/h11H,4-10H2,1-3H3. The van der Waals surface area contributed by atoms with E-state index in [0.29, 0.717) is 13.0 Å². The van der Waals surface area contributed by atoms with Crippen LogP contribution >= 0.6 is 0 Å². The van der Waals surface area contributed by atoms with Crippen molar-refractivity contribution in [3.8, 4) is 0 Å². The lowest BCUT2D eigenvalue weighted by molar-refractivity contribution is -0.143. The van der Waals surface area contributed by atoms with E-state index in [1.165, 1.54) is 0 Å². The van der Waals surface area contributed by atoms with Gasteiger partial charge in [0.15, 0.2) is 0 Å². The maximum Gasteiger partial charge on any atom is 0.307 e. The van der Waals surface area contributed by atoms with Gasteiger partial charge in [-0.15, -0.1) is 0 Å². The number of carbonyl (C=O) groups is 1. The Kier molecular flexibility index (Phi) is 6.47. The number of rotatable bonds is 6. The molecule has 0 aliphatic carbocycles. The van der Waals surface area contributed by atoms with Gasteiger partial charge in [0.05, 0.1) is 25.7 Å². The van der Waals surface area contributed by atoms with E-state index in [1.54, 1.807) is 0 Å². The molecule has 5 heteroatoms. The van der Waals surface area contributed by atoms with E-state index in [1.807, 2.05) is 14.0 Å². The number of likely N-dealkylation sites (N-methyl/N-ethyl adjacent to an activating group) is 2. The number of morpholine rings is 1. The molecule has 1 unspecified atom stereocenters. The molecule has 1 aliphatic rings. The zero-order chi connectivity index (χ0) is 12.7. The molecule has 1 heterocycles. The topological polar surface area (TPSA) is 42.0 Å². The van der Waals surface area contributed by atoms with Crippen LogP contribution in [0.5, 0.6) is 0 Å². The van der Waals surface area contributed by atoms with E-state index in [0.717, 1.165) is 32.8 Å². The van der Waals surface area contributed by atoms with Gasteiger partial charge in [0.2, 0.25) is 0 Å². The molecule has 0 aromatic heterocycles. The molecule has 0 amide bonds. The molecule has 0 aromatic rings. The van der Waals surface area contributed by atoms with Crippen molar-refractivity contribution in [2.24, 2.45) is 0 Å². The molecule has 1 fully saturated rings. The Balaban J connectivity index is 2.15. The van der Waals surface area contributed by atoms with Crippen LogP contribution in [0.4, 0.5) is 0 Å². The van der Waals surface area contributed by atoms with Crippen LogP contribution in [0.2, 0.25) is 0 Å². The first-order valence-corrected chi connectivity index (χ1v) is 6.26. The summed E-state index contributed by atoms with van der Waals surface area (Å²) >= 11 is 0. The third-order valence-corrected chi connectivity index (χ3v) is 2.86. The summed E-state index contributed by atoms with van der Waals surface area (Å²) in [7, 11) is 4.12. The van der Waals surface area contributed by atoms with Crippen molar-refractivity contribution >= 4 is 5.97 Å². The molecular formula is C12H24N2O3. The third kappa shape index (κ3) is 6.00. The molecule has 0 aromatic carbocycles. The Bertz CT molecular complexity index is 236. The third-order valence-electron chi connectivity index (χ3n) is 2.86. The second-order valence-corrected chi connectivity index (χ2v) is 4.57. The summed E-state index contributed by atoms with van der Waals surface area (Å²) in [5.41, 5.74) is 0. The summed E-state index contributed by atoms with van der Waals surface area (Å²) in [5.74, 6) is -0.124. The molecule has 1 atom stereocenters. The number of nitrogens with zero attached hydrogens (tertiary/aromatic N) is 2. The van der Waals surface area contributed by atoms with Gasteiger partial charge in [-0.05, 0) is 21.0 Å². The lowest BCUT2D eigenvalue weighted by Gasteiger charge is -2.32. The fraction of sp³-hybridized carbons (Fsp3) is 0.917. The summed E-state index contributed by atoms with van der Waals surface area (Å²) < 4.78 is 10.6. The van der Waals surface area contributed by atoms with E-state index in [2.05, 4.69) is 16.8 Å². The highest BCUT2D eigenvalue weighted by Crippen LogP contribution is 2.04. The van der Waals surface area contributed by atoms with E-state index in [-0.39, 0.29) is 12.1 Å². The van der Waals surface area contributed by atoms with Gasteiger partial charge in [0, 0.05) is 26.2 Å². The molecule has 100 valence electrons. The quantitative estimate of drug-likeness (QED) is 0.625. The first-order chi connectivity index (χ1) is 8.11. The van der Waals surface area contributed by atoms with Crippen molar-refractivity contribution in [2.75, 3.05) is 53.5 Å². The van der Waals surface area contributed by atoms with Crippen LogP contribution in [0.1, 0.15) is 13.3 Å². The molecule has 0 bridgehead atoms. The van der Waals surface area contributed by atoms with Crippen LogP contribution in [0.3, 0.4) is 0 Å². The van der Waals surface area contributed by atoms with Crippen LogP contribution in [0.15, 0.2) is 0 Å². The van der Waals surface area contributed by atoms with Gasteiger partial charge in [-0.2, -0.15) is 0 Å². The van der Waals surface area contributed by atoms with Crippen molar-refractivity contribution in [3.63, 3.8) is 0 Å². The average Bonchev–Trinajstić information content (AvgIpc) is 2.27. The molecular weight excluding hydrogens is 220 g/mol. The molecule has 0 spiro atoms. The lowest BCUT2D eigenvalue weighted by Crippen LogP contribution is -2.45. The van der Waals surface area contributed by atoms with Gasteiger partial charge in [0.1, 0.15) is 0 Å². The minimum atomic E-state index is -0.124. The average molecular weight is 244 g/mol. The van der Waals surface area contributed by atoms with E-state index in [4.69, 9.17) is 9.47 Å². The van der Waals surface area contributed by atoms with Gasteiger partial charge in [0.25, 0.3) is 0 Å². The van der Waals surface area contributed by atoms with Gasteiger partial charge in [-0.1, -0.05) is 0 Å². The fourth-order valence-electron chi connectivity index (χ4n) is 1.93. The largest absolute Gasteiger partial charge is 0.466 e. The number of ether oxygens (including phenoxy) is 2. The summed E-state index contributed by atoms with van der Waals surface area (Å²) in [4.78, 5) is 15.6. The molecule has 0 radical (unpaired) electrons. The van der Waals surface area contributed by atoms with Crippen LogP contribution in [-0.2, 0) is 14.3 Å². The maximum atomic E-state index is 11.2. The molecule has 1 aliphatic heterocycles. The molecule has 5 nitrogen and oxygen atoms in total. The molecule has 1 saturated heterocycles. The van der Waals surface area contributed by atoms with Crippen molar-refractivity contribution < 1.29 is 14.3 Å². The molecule has 0 N–H and O–H groups in total. The number of carbonyl (C=O) groups excluding carboxylic acids is 1. The first-order valence-electron chi connectivity index (χ1n) is 6.26. The highest BCUT2D eigenvalue weighted by Gasteiger charge is 2.19. The fourth-order valence-corrected chi connectivity index (χ4v) is 1.93. The summed E-state index contributed by atoms with van der Waals surface area (Å²) in [6, 6.07) is 0. The van der Waals surface area contributed by atoms with Crippen LogP contribution in [0.25, 0.3) is 0 Å². The molecule has 0 saturated carbocycles. The van der Waals surface area contributed by atoms with Gasteiger partial charge < -0.3 is 19.3 Å². The Hall–Kier alpha value is -0.650. The van der Waals surface area contributed by atoms with Crippen molar-refractivity contribution in [2.45, 2.75) is 19.4 Å². The Morgan fingerprint density at radius 3 is 3.00 bits per heavy atom. The van der Waals surface area contributed by atoms with E-state index < -0.39 is 0 Å². The van der Waals surface area contributed by atoms with Crippen molar-refractivity contribution in [1.82, 2.24) is 9.80 Å². The maximum absolute atomic E-state index is 11.2. The zero-order valence-corrected chi connectivity index (χ0v) is 11.1. The smallest absolute Gasteiger partial charge is 0.307 e. The van der Waals surface area contributed by atoms with Gasteiger partial charge >= 0.3 is 5.97 Å². The number of esters is 1. The predicted octanol–water partition coefficient (Wildman–Crippen LogP) is 0.202. The summed E-state index contributed by atoms with van der Waals surface area (Å²) in [6.07, 6.45) is 0.702. The zero-order valence-electron chi connectivity index (χ0n) is 11.1.